The minimum absolute atomic E-state index is 0.178. The quantitative estimate of drug-likeness (QED) is 0.524. The molecule has 0 aliphatic carbocycles. The smallest absolute Gasteiger partial charge is 0.294 e. The molecule has 2 fully saturated rings. The number of para-hydroxylation sites is 2. The molecule has 8 nitrogen and oxygen atoms in total. The fourth-order valence-electron chi connectivity index (χ4n) is 3.86. The third kappa shape index (κ3) is 4.86. The summed E-state index contributed by atoms with van der Waals surface area (Å²) in [7, 11) is 0. The van der Waals surface area contributed by atoms with Crippen molar-refractivity contribution in [3.05, 3.63) is 47.1 Å². The van der Waals surface area contributed by atoms with Crippen LogP contribution in [0, 0.1) is 0 Å². The molecule has 2 aromatic heterocycles. The number of carbonyl (C=O) groups is 3. The van der Waals surface area contributed by atoms with Crippen molar-refractivity contribution < 1.29 is 18.8 Å². The van der Waals surface area contributed by atoms with Gasteiger partial charge >= 0.3 is 0 Å². The fraction of sp³-hybridized carbons (Fsp3) is 0.304. The number of thioether (sulfide) groups is 1. The summed E-state index contributed by atoms with van der Waals surface area (Å²) >= 11 is 2.17. The van der Waals surface area contributed by atoms with Gasteiger partial charge in [0.2, 0.25) is 5.91 Å². The van der Waals surface area contributed by atoms with Crippen molar-refractivity contribution in [3.8, 4) is 0 Å². The number of nitrogens with one attached hydrogen (secondary N) is 1. The number of furan rings is 1. The number of amides is 3. The average molecular weight is 483 g/mol. The molecule has 1 aromatic carbocycles. The molecule has 0 unspecified atom stereocenters. The van der Waals surface area contributed by atoms with Crippen molar-refractivity contribution in [1.29, 1.82) is 0 Å². The van der Waals surface area contributed by atoms with E-state index >= 15 is 0 Å². The first kappa shape index (κ1) is 21.8. The maximum atomic E-state index is 12.8. The number of hydrogen-bond donors (Lipinski definition) is 1. The minimum atomic E-state index is -0.462. The number of fused-ring (bicyclic) bond motifs is 1. The topological polar surface area (TPSA) is 99.5 Å². The zero-order valence-corrected chi connectivity index (χ0v) is 19.4. The van der Waals surface area contributed by atoms with Crippen molar-refractivity contribution in [2.45, 2.75) is 35.9 Å². The van der Waals surface area contributed by atoms with Crippen molar-refractivity contribution in [2.75, 3.05) is 19.6 Å². The maximum Gasteiger partial charge on any atom is 0.294 e. The first-order chi connectivity index (χ1) is 16.1. The molecule has 10 heteroatoms. The molecule has 0 radical (unpaired) electrons. The van der Waals surface area contributed by atoms with Gasteiger partial charge in [-0.2, -0.15) is 0 Å². The number of imide groups is 1. The van der Waals surface area contributed by atoms with Crippen LogP contribution in [-0.2, 0) is 9.59 Å². The van der Waals surface area contributed by atoms with Crippen LogP contribution in [0.5, 0.6) is 0 Å². The Bertz CT molecular complexity index is 1210. The fourth-order valence-corrected chi connectivity index (χ4v) is 5.45. The number of aromatic amines is 1. The van der Waals surface area contributed by atoms with Gasteiger partial charge in [-0.1, -0.05) is 25.0 Å². The van der Waals surface area contributed by atoms with E-state index in [2.05, 4.69) is 9.97 Å². The lowest BCUT2D eigenvalue weighted by Gasteiger charge is -2.22. The van der Waals surface area contributed by atoms with Crippen molar-refractivity contribution >= 4 is 57.7 Å². The molecular weight excluding hydrogens is 460 g/mol. The largest absolute Gasteiger partial charge is 0.450 e. The van der Waals surface area contributed by atoms with Gasteiger partial charge in [-0.05, 0) is 60.6 Å². The van der Waals surface area contributed by atoms with Gasteiger partial charge in [-0.15, -0.1) is 0 Å². The number of carbonyl (C=O) groups excluding carboxylic acids is 3. The molecule has 2 aliphatic heterocycles. The van der Waals surface area contributed by atoms with Gasteiger partial charge in [0.1, 0.15) is 12.3 Å². The van der Waals surface area contributed by atoms with Crippen molar-refractivity contribution in [3.63, 3.8) is 0 Å². The second-order valence-electron chi connectivity index (χ2n) is 7.88. The lowest BCUT2D eigenvalue weighted by molar-refractivity contribution is -0.135. The number of rotatable bonds is 5. The van der Waals surface area contributed by atoms with Crippen LogP contribution < -0.4 is 0 Å². The summed E-state index contributed by atoms with van der Waals surface area (Å²) in [5, 5.41) is 0.873. The highest BCUT2D eigenvalue weighted by atomic mass is 32.2. The van der Waals surface area contributed by atoms with Crippen LogP contribution in [0.25, 0.3) is 17.1 Å². The number of aromatic nitrogens is 2. The Labute approximate surface area is 198 Å². The van der Waals surface area contributed by atoms with Gasteiger partial charge in [-0.3, -0.25) is 19.3 Å². The molecule has 2 aliphatic rings. The van der Waals surface area contributed by atoms with Gasteiger partial charge in [0.25, 0.3) is 11.1 Å². The van der Waals surface area contributed by atoms with Gasteiger partial charge in [0.15, 0.2) is 10.2 Å². The van der Waals surface area contributed by atoms with E-state index in [1.165, 1.54) is 11.8 Å². The molecule has 0 bridgehead atoms. The highest BCUT2D eigenvalue weighted by molar-refractivity contribution is 8.18. The highest BCUT2D eigenvalue weighted by Gasteiger charge is 2.37. The zero-order valence-electron chi connectivity index (χ0n) is 17.8. The number of H-pyrrole nitrogens is 1. The molecule has 2 saturated heterocycles. The first-order valence-corrected chi connectivity index (χ1v) is 12.5. The number of likely N-dealkylation sites (tertiary alicyclic amines) is 1. The summed E-state index contributed by atoms with van der Waals surface area (Å²) in [5.41, 5.74) is 1.81. The predicted molar refractivity (Wildman–Crippen MR) is 127 cm³/mol. The lowest BCUT2D eigenvalue weighted by atomic mass is 10.2. The molecule has 0 spiro atoms. The standard InChI is InChI=1S/C23H22N4O4S2/c28-19(26-11-5-1-2-6-12-26)14-27-21(29)18(32-23(27)30)13-15-9-10-20(31-15)33-22-24-16-7-3-4-8-17(16)25-22/h3-4,7-10,13H,1-2,5-6,11-12,14H2,(H,24,25)/b18-13-. The van der Waals surface area contributed by atoms with Crippen LogP contribution in [0.4, 0.5) is 4.79 Å². The normalized spacial score (nSPS) is 18.5. The van der Waals surface area contributed by atoms with Crippen LogP contribution in [0.2, 0.25) is 0 Å². The van der Waals surface area contributed by atoms with Crippen molar-refractivity contribution in [2.24, 2.45) is 0 Å². The molecule has 1 N–H and O–H groups in total. The minimum Gasteiger partial charge on any atom is -0.450 e. The second kappa shape index (κ2) is 9.48. The van der Waals surface area contributed by atoms with E-state index in [9.17, 15) is 14.4 Å². The van der Waals surface area contributed by atoms with Crippen LogP contribution >= 0.6 is 23.5 Å². The number of nitrogens with zero attached hydrogens (tertiary/aromatic N) is 3. The molecule has 170 valence electrons. The SMILES string of the molecule is O=C(CN1C(=O)S/C(=C\c2ccc(Sc3nc4ccccc4[nH]3)o2)C1=O)N1CCCCCC1. The molecule has 3 amide bonds. The Morgan fingerprint density at radius 1 is 1.12 bits per heavy atom. The Morgan fingerprint density at radius 3 is 2.70 bits per heavy atom. The van der Waals surface area contributed by atoms with Crippen molar-refractivity contribution in [1.82, 2.24) is 19.8 Å². The molecular formula is C23H22N4O4S2. The van der Waals surface area contributed by atoms with E-state index in [1.807, 2.05) is 24.3 Å². The van der Waals surface area contributed by atoms with Crippen LogP contribution in [-0.4, -0.2) is 56.5 Å². The van der Waals surface area contributed by atoms with Gasteiger partial charge in [-0.25, -0.2) is 4.98 Å². The summed E-state index contributed by atoms with van der Waals surface area (Å²) in [5.74, 6) is -0.183. The summed E-state index contributed by atoms with van der Waals surface area (Å²) in [6.07, 6.45) is 5.67. The van der Waals surface area contributed by atoms with Crippen LogP contribution in [0.3, 0.4) is 0 Å². The number of hydrogen-bond acceptors (Lipinski definition) is 7. The predicted octanol–water partition coefficient (Wildman–Crippen LogP) is 4.75. The highest BCUT2D eigenvalue weighted by Crippen LogP contribution is 2.34. The third-order valence-electron chi connectivity index (χ3n) is 5.57. The zero-order chi connectivity index (χ0) is 22.8. The van der Waals surface area contributed by atoms with E-state index in [0.717, 1.165) is 53.4 Å². The molecule has 5 rings (SSSR count). The number of imidazole rings is 1. The maximum absolute atomic E-state index is 12.8. The summed E-state index contributed by atoms with van der Waals surface area (Å²) in [4.78, 5) is 48.6. The first-order valence-electron chi connectivity index (χ1n) is 10.8. The lowest BCUT2D eigenvalue weighted by Crippen LogP contribution is -2.42. The third-order valence-corrected chi connectivity index (χ3v) is 7.28. The van der Waals surface area contributed by atoms with E-state index in [0.29, 0.717) is 29.1 Å². The van der Waals surface area contributed by atoms with E-state index in [4.69, 9.17) is 4.42 Å². The Kier molecular flexibility index (Phi) is 6.28. The van der Waals surface area contributed by atoms with Crippen LogP contribution in [0.15, 0.2) is 56.0 Å². The van der Waals surface area contributed by atoms with Gasteiger partial charge in [0, 0.05) is 19.2 Å². The summed E-state index contributed by atoms with van der Waals surface area (Å²) < 4.78 is 5.81. The summed E-state index contributed by atoms with van der Waals surface area (Å²) in [6, 6.07) is 11.3. The van der Waals surface area contributed by atoms with Gasteiger partial charge in [0.05, 0.1) is 15.9 Å². The molecule has 33 heavy (non-hydrogen) atoms. The second-order valence-corrected chi connectivity index (χ2v) is 9.87. The van der Waals surface area contributed by atoms with E-state index in [1.54, 1.807) is 23.1 Å². The van der Waals surface area contributed by atoms with Gasteiger partial charge < -0.3 is 14.3 Å². The molecule has 0 saturated carbocycles. The molecule has 0 atom stereocenters. The Hall–Kier alpha value is -2.98. The average Bonchev–Trinajstić information content (AvgIpc) is 3.40. The van der Waals surface area contributed by atoms with Crippen LogP contribution in [0.1, 0.15) is 31.4 Å². The molecule has 4 heterocycles. The molecule has 3 aromatic rings. The monoisotopic (exact) mass is 482 g/mol. The number of benzene rings is 1. The summed E-state index contributed by atoms with van der Waals surface area (Å²) in [6.45, 7) is 1.15. The Balaban J connectivity index is 1.25. The Morgan fingerprint density at radius 2 is 1.91 bits per heavy atom. The van der Waals surface area contributed by atoms with E-state index in [-0.39, 0.29) is 17.4 Å². The van der Waals surface area contributed by atoms with E-state index < -0.39 is 11.1 Å².